The molecule has 0 aliphatic carbocycles. The Morgan fingerprint density at radius 2 is 1.00 bits per heavy atom. The number of carbonyl (C=O) groups excluding carboxylic acids is 1. The molecule has 0 N–H and O–H groups in total. The van der Waals surface area contributed by atoms with Gasteiger partial charge in [-0.15, -0.1) is 0 Å². The standard InChI is InChI=1S/C24H28NOP.BrH/c1-3-25(4-2,20-26)21-27(22-14-8-5-9-15-22,23-16-10-6-11-17-23)24-18-12-7-13-19-24;/h5-20H,3-4,21H2,1-2H3;1H/q+2;/p-1. The SMILES string of the molecule is CC[N+](C=O)(CC)C[P+](c1ccccc1)(c1ccccc1)c1ccccc1.[Br-]. The Hall–Kier alpha value is -1.80. The molecule has 3 aromatic carbocycles. The van der Waals surface area contributed by atoms with Gasteiger partial charge in [-0.05, 0) is 50.2 Å². The summed E-state index contributed by atoms with van der Waals surface area (Å²) < 4.78 is 0.465. The second kappa shape index (κ2) is 10.1. The van der Waals surface area contributed by atoms with Gasteiger partial charge in [0, 0.05) is 0 Å². The molecule has 28 heavy (non-hydrogen) atoms. The normalized spacial score (nSPS) is 11.5. The van der Waals surface area contributed by atoms with Crippen molar-refractivity contribution < 1.29 is 26.3 Å². The molecular formula is C24H28BrNOP+. The molecule has 0 saturated heterocycles. The van der Waals surface area contributed by atoms with Crippen molar-refractivity contribution >= 4 is 29.6 Å². The molecular weight excluding hydrogens is 429 g/mol. The number of hydrogen-bond donors (Lipinski definition) is 0. The summed E-state index contributed by atoms with van der Waals surface area (Å²) in [6, 6.07) is 32.3. The lowest BCUT2D eigenvalue weighted by Crippen LogP contribution is -3.00. The first kappa shape index (κ1) is 22.5. The highest BCUT2D eigenvalue weighted by Crippen LogP contribution is 2.56. The highest BCUT2D eigenvalue weighted by molar-refractivity contribution is 7.95. The number of quaternary nitrogens is 1. The van der Waals surface area contributed by atoms with Crippen LogP contribution in [-0.2, 0) is 4.79 Å². The third-order valence-corrected chi connectivity index (χ3v) is 10.1. The van der Waals surface area contributed by atoms with Crippen LogP contribution in [0.4, 0.5) is 0 Å². The zero-order valence-corrected chi connectivity index (χ0v) is 19.0. The van der Waals surface area contributed by atoms with Crippen LogP contribution in [0.3, 0.4) is 0 Å². The second-order valence-corrected chi connectivity index (χ2v) is 10.4. The average Bonchev–Trinajstić information content (AvgIpc) is 2.77. The lowest BCUT2D eigenvalue weighted by molar-refractivity contribution is -0.829. The minimum Gasteiger partial charge on any atom is -1.00 e. The van der Waals surface area contributed by atoms with Crippen molar-refractivity contribution in [3.05, 3.63) is 91.0 Å². The molecule has 0 aliphatic rings. The van der Waals surface area contributed by atoms with Crippen LogP contribution in [0, 0.1) is 0 Å². The van der Waals surface area contributed by atoms with E-state index in [1.54, 1.807) is 0 Å². The van der Waals surface area contributed by atoms with Gasteiger partial charge in [-0.25, -0.2) is 9.28 Å². The zero-order chi connectivity index (χ0) is 19.2. The Morgan fingerprint density at radius 3 is 1.25 bits per heavy atom. The van der Waals surface area contributed by atoms with E-state index in [-0.39, 0.29) is 17.0 Å². The Balaban J connectivity index is 0.00000280. The van der Waals surface area contributed by atoms with E-state index in [4.69, 9.17) is 0 Å². The lowest BCUT2D eigenvalue weighted by Gasteiger charge is -2.36. The minimum atomic E-state index is -1.98. The number of rotatable bonds is 8. The summed E-state index contributed by atoms with van der Waals surface area (Å²) in [7, 11) is -1.98. The molecule has 0 atom stereocenters. The summed E-state index contributed by atoms with van der Waals surface area (Å²) in [5, 5.41) is 3.98. The van der Waals surface area contributed by atoms with Crippen LogP contribution in [0.5, 0.6) is 0 Å². The fourth-order valence-corrected chi connectivity index (χ4v) is 8.51. The smallest absolute Gasteiger partial charge is 0.304 e. The molecule has 2 nitrogen and oxygen atoms in total. The molecule has 4 heteroatoms. The maximum Gasteiger partial charge on any atom is 0.304 e. The monoisotopic (exact) mass is 456 g/mol. The van der Waals surface area contributed by atoms with Crippen LogP contribution in [-0.4, -0.2) is 30.3 Å². The maximum absolute atomic E-state index is 12.3. The Bertz CT molecular complexity index is 755. The first-order valence-electron chi connectivity index (χ1n) is 9.58. The van der Waals surface area contributed by atoms with Crippen LogP contribution < -0.4 is 32.9 Å². The van der Waals surface area contributed by atoms with Crippen molar-refractivity contribution in [2.75, 3.05) is 19.4 Å². The van der Waals surface area contributed by atoms with Crippen LogP contribution in [0.1, 0.15) is 13.8 Å². The molecule has 0 unspecified atom stereocenters. The fourth-order valence-electron chi connectivity index (χ4n) is 3.77. The number of benzene rings is 3. The Kier molecular flexibility index (Phi) is 8.12. The average molecular weight is 457 g/mol. The van der Waals surface area contributed by atoms with Crippen molar-refractivity contribution in [2.45, 2.75) is 13.8 Å². The third-order valence-electron chi connectivity index (χ3n) is 5.57. The largest absolute Gasteiger partial charge is 1.00 e. The van der Waals surface area contributed by atoms with Crippen molar-refractivity contribution in [3.8, 4) is 0 Å². The van der Waals surface area contributed by atoms with E-state index in [0.29, 0.717) is 4.48 Å². The molecule has 146 valence electrons. The van der Waals surface area contributed by atoms with Gasteiger partial charge in [0.1, 0.15) is 15.9 Å². The number of carbonyl (C=O) groups is 1. The van der Waals surface area contributed by atoms with Gasteiger partial charge in [0.2, 0.25) is 6.29 Å². The molecule has 3 aromatic rings. The highest BCUT2D eigenvalue weighted by Gasteiger charge is 2.52. The molecule has 0 bridgehead atoms. The van der Waals surface area contributed by atoms with Gasteiger partial charge in [0.25, 0.3) is 0 Å². The predicted molar refractivity (Wildman–Crippen MR) is 117 cm³/mol. The van der Waals surface area contributed by atoms with Crippen molar-refractivity contribution in [2.24, 2.45) is 0 Å². The summed E-state index contributed by atoms with van der Waals surface area (Å²) in [5.74, 6) is 0. The van der Waals surface area contributed by atoms with Crippen molar-refractivity contribution in [3.63, 3.8) is 0 Å². The molecule has 0 fully saturated rings. The summed E-state index contributed by atoms with van der Waals surface area (Å²) in [4.78, 5) is 12.3. The first-order chi connectivity index (χ1) is 13.2. The molecule has 0 spiro atoms. The summed E-state index contributed by atoms with van der Waals surface area (Å²) in [6.07, 6.45) is 1.96. The predicted octanol–water partition coefficient (Wildman–Crippen LogP) is 0.955. The van der Waals surface area contributed by atoms with E-state index >= 15 is 0 Å². The van der Waals surface area contributed by atoms with Gasteiger partial charge in [0.15, 0.2) is 7.26 Å². The van der Waals surface area contributed by atoms with Crippen molar-refractivity contribution in [1.82, 2.24) is 0 Å². The highest BCUT2D eigenvalue weighted by atomic mass is 79.9. The molecule has 0 radical (unpaired) electrons. The zero-order valence-electron chi connectivity index (χ0n) is 16.5. The van der Waals surface area contributed by atoms with Gasteiger partial charge in [0.05, 0.1) is 13.1 Å². The summed E-state index contributed by atoms with van der Waals surface area (Å²) in [6.45, 7) is 5.84. The number of nitrogens with zero attached hydrogens (tertiary/aromatic N) is 1. The van der Waals surface area contributed by atoms with Gasteiger partial charge in [-0.1, -0.05) is 54.6 Å². The van der Waals surface area contributed by atoms with Crippen LogP contribution >= 0.6 is 7.26 Å². The van der Waals surface area contributed by atoms with E-state index in [9.17, 15) is 4.79 Å². The summed E-state index contributed by atoms with van der Waals surface area (Å²) >= 11 is 0. The quantitative estimate of drug-likeness (QED) is 0.280. The number of amides is 1. The number of halogens is 1. The number of hydrogen-bond acceptors (Lipinski definition) is 1. The van der Waals surface area contributed by atoms with Crippen LogP contribution in [0.2, 0.25) is 0 Å². The third kappa shape index (κ3) is 4.27. The fraction of sp³-hybridized carbons (Fsp3) is 0.208. The van der Waals surface area contributed by atoms with Gasteiger partial charge < -0.3 is 17.0 Å². The molecule has 0 saturated carbocycles. The van der Waals surface area contributed by atoms with Crippen LogP contribution in [0.25, 0.3) is 0 Å². The molecule has 1 amide bonds. The van der Waals surface area contributed by atoms with Gasteiger partial charge >= 0.3 is 6.41 Å². The van der Waals surface area contributed by atoms with E-state index in [1.165, 1.54) is 15.9 Å². The van der Waals surface area contributed by atoms with Gasteiger partial charge in [-0.3, -0.25) is 0 Å². The van der Waals surface area contributed by atoms with Gasteiger partial charge in [-0.2, -0.15) is 0 Å². The Labute approximate surface area is 179 Å². The Morgan fingerprint density at radius 1 is 0.679 bits per heavy atom. The van der Waals surface area contributed by atoms with E-state index in [1.807, 2.05) is 0 Å². The van der Waals surface area contributed by atoms with E-state index in [2.05, 4.69) is 105 Å². The molecule has 0 aromatic heterocycles. The topological polar surface area (TPSA) is 17.1 Å². The lowest BCUT2D eigenvalue weighted by atomic mass is 10.4. The minimum absolute atomic E-state index is 0. The first-order valence-corrected chi connectivity index (χ1v) is 11.5. The molecule has 0 aliphatic heterocycles. The molecule has 0 heterocycles. The second-order valence-electron chi connectivity index (χ2n) is 6.91. The molecule has 3 rings (SSSR count). The maximum atomic E-state index is 12.3. The van der Waals surface area contributed by atoms with E-state index in [0.717, 1.165) is 25.8 Å². The summed E-state index contributed by atoms with van der Waals surface area (Å²) in [5.41, 5.74) is 0. The van der Waals surface area contributed by atoms with Crippen molar-refractivity contribution in [1.29, 1.82) is 0 Å². The van der Waals surface area contributed by atoms with Crippen LogP contribution in [0.15, 0.2) is 91.0 Å². The van der Waals surface area contributed by atoms with E-state index < -0.39 is 7.26 Å².